The second-order valence-corrected chi connectivity index (χ2v) is 7.50. The van der Waals surface area contributed by atoms with Gasteiger partial charge in [-0.15, -0.1) is 11.8 Å². The molecule has 0 atom stereocenters. The molecule has 2 heteroatoms. The molecule has 0 amide bonds. The van der Waals surface area contributed by atoms with Crippen LogP contribution in [0.5, 0.6) is 0 Å². The molecule has 1 fully saturated rings. The highest BCUT2D eigenvalue weighted by atomic mass is 32.2. The summed E-state index contributed by atoms with van der Waals surface area (Å²) in [6, 6.07) is 8.91. The van der Waals surface area contributed by atoms with Crippen LogP contribution in [0.2, 0.25) is 0 Å². The first-order valence-corrected chi connectivity index (χ1v) is 7.62. The van der Waals surface area contributed by atoms with Gasteiger partial charge >= 0.3 is 0 Å². The van der Waals surface area contributed by atoms with Crippen LogP contribution in [-0.4, -0.2) is 11.0 Å². The largest absolute Gasteiger partial charge is 0.300 e. The zero-order valence-corrected chi connectivity index (χ0v) is 12.3. The lowest BCUT2D eigenvalue weighted by atomic mass is 9.87. The Labute approximate surface area is 114 Å². The molecular weight excluding hydrogens is 240 g/mol. The summed E-state index contributed by atoms with van der Waals surface area (Å²) in [6.07, 6.45) is 3.64. The molecule has 0 saturated heterocycles. The number of carbonyl (C=O) groups is 1. The fraction of sp³-hybridized carbons (Fsp3) is 0.562. The van der Waals surface area contributed by atoms with E-state index in [-0.39, 0.29) is 5.41 Å². The molecule has 0 heterocycles. The molecule has 18 heavy (non-hydrogen) atoms. The minimum Gasteiger partial charge on any atom is -0.300 e. The first kappa shape index (κ1) is 13.7. The summed E-state index contributed by atoms with van der Waals surface area (Å²) in [5, 5.41) is 0.628. The Morgan fingerprint density at radius 3 is 2.11 bits per heavy atom. The van der Waals surface area contributed by atoms with Crippen molar-refractivity contribution in [2.75, 3.05) is 0 Å². The molecule has 0 radical (unpaired) electrons. The van der Waals surface area contributed by atoms with E-state index in [4.69, 9.17) is 0 Å². The van der Waals surface area contributed by atoms with Crippen LogP contribution in [0.3, 0.4) is 0 Å². The molecule has 2 rings (SSSR count). The second kappa shape index (κ2) is 5.48. The van der Waals surface area contributed by atoms with Crippen molar-refractivity contribution in [3.63, 3.8) is 0 Å². The highest BCUT2D eigenvalue weighted by molar-refractivity contribution is 8.00. The lowest BCUT2D eigenvalue weighted by Crippen LogP contribution is -2.15. The van der Waals surface area contributed by atoms with Crippen LogP contribution in [0, 0.1) is 0 Å². The first-order valence-electron chi connectivity index (χ1n) is 6.74. The molecule has 0 spiro atoms. The topological polar surface area (TPSA) is 17.1 Å². The number of thioether (sulfide) groups is 1. The Morgan fingerprint density at radius 2 is 1.61 bits per heavy atom. The van der Waals surface area contributed by atoms with E-state index >= 15 is 0 Å². The number of carbonyl (C=O) groups excluding carboxylic acids is 1. The summed E-state index contributed by atoms with van der Waals surface area (Å²) in [5.41, 5.74) is 1.60. The Morgan fingerprint density at radius 1 is 1.06 bits per heavy atom. The van der Waals surface area contributed by atoms with Crippen molar-refractivity contribution in [2.45, 2.75) is 62.0 Å². The van der Waals surface area contributed by atoms with E-state index in [1.165, 1.54) is 10.5 Å². The molecule has 98 valence electrons. The molecule has 0 aromatic heterocycles. The van der Waals surface area contributed by atoms with E-state index in [9.17, 15) is 4.79 Å². The highest BCUT2D eigenvalue weighted by Crippen LogP contribution is 2.33. The number of hydrogen-bond acceptors (Lipinski definition) is 2. The van der Waals surface area contributed by atoms with Crippen molar-refractivity contribution in [1.29, 1.82) is 0 Å². The molecular formula is C16H22OS. The van der Waals surface area contributed by atoms with Gasteiger partial charge in [0.15, 0.2) is 0 Å². The number of ketones is 1. The normalized spacial score (nSPS) is 18.1. The van der Waals surface area contributed by atoms with Crippen molar-refractivity contribution in [3.8, 4) is 0 Å². The van der Waals surface area contributed by atoms with E-state index in [1.54, 1.807) is 0 Å². The number of rotatable bonds is 2. The van der Waals surface area contributed by atoms with Crippen LogP contribution < -0.4 is 0 Å². The SMILES string of the molecule is CC(C)(C)c1ccc(SC2CCC(=O)CC2)cc1. The van der Waals surface area contributed by atoms with E-state index in [0.29, 0.717) is 11.0 Å². The molecule has 0 aliphatic heterocycles. The summed E-state index contributed by atoms with van der Waals surface area (Å²) < 4.78 is 0. The Balaban J connectivity index is 1.96. The van der Waals surface area contributed by atoms with Crippen molar-refractivity contribution in [3.05, 3.63) is 29.8 Å². The Kier molecular flexibility index (Phi) is 4.16. The van der Waals surface area contributed by atoms with Gasteiger partial charge in [0.25, 0.3) is 0 Å². The fourth-order valence-corrected chi connectivity index (χ4v) is 3.41. The summed E-state index contributed by atoms with van der Waals surface area (Å²) in [7, 11) is 0. The molecule has 1 aromatic carbocycles. The van der Waals surface area contributed by atoms with Gasteiger partial charge in [0.05, 0.1) is 0 Å². The van der Waals surface area contributed by atoms with Gasteiger partial charge < -0.3 is 0 Å². The predicted molar refractivity (Wildman–Crippen MR) is 78.3 cm³/mol. The smallest absolute Gasteiger partial charge is 0.132 e. The van der Waals surface area contributed by atoms with Gasteiger partial charge in [0, 0.05) is 23.0 Å². The van der Waals surface area contributed by atoms with Crippen LogP contribution in [0.1, 0.15) is 52.0 Å². The van der Waals surface area contributed by atoms with Gasteiger partial charge in [-0.3, -0.25) is 4.79 Å². The van der Waals surface area contributed by atoms with Crippen LogP contribution in [0.25, 0.3) is 0 Å². The number of hydrogen-bond donors (Lipinski definition) is 0. The lowest BCUT2D eigenvalue weighted by Gasteiger charge is -2.22. The lowest BCUT2D eigenvalue weighted by molar-refractivity contribution is -0.120. The molecule has 0 bridgehead atoms. The summed E-state index contributed by atoms with van der Waals surface area (Å²) >= 11 is 1.93. The predicted octanol–water partition coefficient (Wildman–Crippen LogP) is 4.59. The third kappa shape index (κ3) is 3.61. The van der Waals surface area contributed by atoms with Gasteiger partial charge in [-0.25, -0.2) is 0 Å². The summed E-state index contributed by atoms with van der Waals surface area (Å²) in [4.78, 5) is 12.5. The van der Waals surface area contributed by atoms with Crippen molar-refractivity contribution in [1.82, 2.24) is 0 Å². The maximum Gasteiger partial charge on any atom is 0.132 e. The average molecular weight is 262 g/mol. The number of benzene rings is 1. The van der Waals surface area contributed by atoms with E-state index in [0.717, 1.165) is 25.7 Å². The van der Waals surface area contributed by atoms with Gasteiger partial charge in [-0.05, 0) is 36.0 Å². The quantitative estimate of drug-likeness (QED) is 0.775. The third-order valence-corrected chi connectivity index (χ3v) is 4.86. The summed E-state index contributed by atoms with van der Waals surface area (Å²) in [5.74, 6) is 0.440. The van der Waals surface area contributed by atoms with E-state index < -0.39 is 0 Å². The van der Waals surface area contributed by atoms with Crippen molar-refractivity contribution < 1.29 is 4.79 Å². The van der Waals surface area contributed by atoms with E-state index in [1.807, 2.05) is 11.8 Å². The van der Waals surface area contributed by atoms with Gasteiger partial charge in [-0.2, -0.15) is 0 Å². The second-order valence-electron chi connectivity index (χ2n) is 6.13. The summed E-state index contributed by atoms with van der Waals surface area (Å²) in [6.45, 7) is 6.71. The standard InChI is InChI=1S/C16H22OS/c1-16(2,3)12-4-8-14(9-5-12)18-15-10-6-13(17)7-11-15/h4-5,8-9,15H,6-7,10-11H2,1-3H3. The molecule has 0 unspecified atom stereocenters. The molecule has 1 saturated carbocycles. The van der Waals surface area contributed by atoms with E-state index in [2.05, 4.69) is 45.0 Å². The monoisotopic (exact) mass is 262 g/mol. The zero-order valence-electron chi connectivity index (χ0n) is 11.5. The Hall–Kier alpha value is -0.760. The van der Waals surface area contributed by atoms with Gasteiger partial charge in [0.2, 0.25) is 0 Å². The van der Waals surface area contributed by atoms with Gasteiger partial charge in [0.1, 0.15) is 5.78 Å². The van der Waals surface area contributed by atoms with Crippen LogP contribution in [-0.2, 0) is 10.2 Å². The molecule has 1 aliphatic carbocycles. The molecule has 1 nitrogen and oxygen atoms in total. The zero-order chi connectivity index (χ0) is 13.2. The van der Waals surface area contributed by atoms with Crippen molar-refractivity contribution >= 4 is 17.5 Å². The van der Waals surface area contributed by atoms with Crippen LogP contribution >= 0.6 is 11.8 Å². The van der Waals surface area contributed by atoms with Gasteiger partial charge in [-0.1, -0.05) is 32.9 Å². The average Bonchev–Trinajstić information content (AvgIpc) is 2.32. The molecule has 0 N–H and O–H groups in total. The maximum absolute atomic E-state index is 11.2. The fourth-order valence-electron chi connectivity index (χ4n) is 2.26. The molecule has 1 aromatic rings. The van der Waals surface area contributed by atoms with Crippen molar-refractivity contribution in [2.24, 2.45) is 0 Å². The maximum atomic E-state index is 11.2. The molecule has 1 aliphatic rings. The first-order chi connectivity index (χ1) is 8.45. The number of Topliss-reactive ketones (excluding diaryl/α,β-unsaturated/α-hetero) is 1. The van der Waals surface area contributed by atoms with Crippen LogP contribution in [0.15, 0.2) is 29.2 Å². The minimum atomic E-state index is 0.223. The Bertz CT molecular complexity index is 404. The minimum absolute atomic E-state index is 0.223. The highest BCUT2D eigenvalue weighted by Gasteiger charge is 2.20. The third-order valence-electron chi connectivity index (χ3n) is 3.51. The van der Waals surface area contributed by atoms with Crippen LogP contribution in [0.4, 0.5) is 0 Å².